The van der Waals surface area contributed by atoms with E-state index in [9.17, 15) is 0 Å². The smallest absolute Gasteiger partial charge is 0.101 e. The molecule has 0 saturated carbocycles. The van der Waals surface area contributed by atoms with E-state index in [1.165, 1.54) is 5.56 Å². The molecule has 1 heterocycles. The van der Waals surface area contributed by atoms with Gasteiger partial charge in [-0.15, -0.1) is 11.6 Å². The summed E-state index contributed by atoms with van der Waals surface area (Å²) in [6, 6.07) is 10.5. The molecule has 0 radical (unpaired) electrons. The van der Waals surface area contributed by atoms with Crippen molar-refractivity contribution >= 4 is 11.6 Å². The van der Waals surface area contributed by atoms with Crippen LogP contribution < -0.4 is 5.73 Å². The van der Waals surface area contributed by atoms with Crippen LogP contribution in [0.2, 0.25) is 0 Å². The van der Waals surface area contributed by atoms with Gasteiger partial charge in [0.25, 0.3) is 0 Å². The fourth-order valence-corrected chi connectivity index (χ4v) is 2.12. The number of nitrogens with two attached hydrogens (primary N) is 1. The number of likely N-dealkylation sites (tertiary alicyclic amines) is 1. The molecule has 0 aliphatic carbocycles. The zero-order valence-corrected chi connectivity index (χ0v) is 8.82. The molecule has 0 amide bonds. The van der Waals surface area contributed by atoms with E-state index in [0.29, 0.717) is 0 Å². The van der Waals surface area contributed by atoms with Crippen LogP contribution in [0.1, 0.15) is 12.0 Å². The van der Waals surface area contributed by atoms with E-state index in [2.05, 4.69) is 29.2 Å². The third-order valence-electron chi connectivity index (χ3n) is 2.68. The third-order valence-corrected chi connectivity index (χ3v) is 3.28. The maximum Gasteiger partial charge on any atom is 0.101 e. The van der Waals surface area contributed by atoms with Crippen molar-refractivity contribution in [2.75, 3.05) is 6.54 Å². The quantitative estimate of drug-likeness (QED) is 0.596. The van der Waals surface area contributed by atoms with Gasteiger partial charge in [-0.05, 0) is 12.0 Å². The van der Waals surface area contributed by atoms with Crippen molar-refractivity contribution in [1.29, 1.82) is 0 Å². The highest BCUT2D eigenvalue weighted by molar-refractivity contribution is 6.20. The molecule has 2 atom stereocenters. The first-order chi connectivity index (χ1) is 6.77. The van der Waals surface area contributed by atoms with Crippen LogP contribution in [0.25, 0.3) is 0 Å². The van der Waals surface area contributed by atoms with Gasteiger partial charge in [0, 0.05) is 19.1 Å². The highest BCUT2D eigenvalue weighted by Gasteiger charge is 2.29. The summed E-state index contributed by atoms with van der Waals surface area (Å²) in [6.07, 6.45) is 1.00. The molecule has 0 spiro atoms. The van der Waals surface area contributed by atoms with Crippen molar-refractivity contribution in [3.63, 3.8) is 0 Å². The van der Waals surface area contributed by atoms with E-state index in [1.54, 1.807) is 0 Å². The number of nitrogens with zero attached hydrogens (tertiary/aromatic N) is 1. The molecule has 1 aliphatic heterocycles. The second-order valence-electron chi connectivity index (χ2n) is 3.78. The van der Waals surface area contributed by atoms with Crippen LogP contribution in [0.15, 0.2) is 30.3 Å². The zero-order valence-electron chi connectivity index (χ0n) is 8.07. The summed E-state index contributed by atoms with van der Waals surface area (Å²) >= 11 is 6.18. The first-order valence-corrected chi connectivity index (χ1v) is 5.38. The van der Waals surface area contributed by atoms with Crippen LogP contribution in [0.4, 0.5) is 0 Å². The lowest BCUT2D eigenvalue weighted by atomic mass is 10.2. The lowest BCUT2D eigenvalue weighted by Crippen LogP contribution is -2.34. The van der Waals surface area contributed by atoms with Gasteiger partial charge in [-0.25, -0.2) is 0 Å². The Bertz CT molecular complexity index is 289. The molecule has 0 unspecified atom stereocenters. The summed E-state index contributed by atoms with van der Waals surface area (Å²) in [6.45, 7) is 1.91. The predicted molar refractivity (Wildman–Crippen MR) is 59.1 cm³/mol. The topological polar surface area (TPSA) is 29.3 Å². The van der Waals surface area contributed by atoms with Crippen LogP contribution in [0, 0.1) is 0 Å². The Balaban J connectivity index is 1.99. The SMILES string of the molecule is N[C@@H]1CCN(Cc2ccccc2)[C@@H]1Cl. The number of hydrogen-bond acceptors (Lipinski definition) is 2. The van der Waals surface area contributed by atoms with E-state index in [0.717, 1.165) is 19.5 Å². The van der Waals surface area contributed by atoms with Crippen LogP contribution in [-0.4, -0.2) is 23.0 Å². The van der Waals surface area contributed by atoms with Crippen LogP contribution in [-0.2, 0) is 6.54 Å². The molecular weight excluding hydrogens is 196 g/mol. The molecule has 76 valence electrons. The summed E-state index contributed by atoms with van der Waals surface area (Å²) in [5.74, 6) is 0. The first kappa shape index (κ1) is 9.97. The van der Waals surface area contributed by atoms with E-state index < -0.39 is 0 Å². The molecule has 1 saturated heterocycles. The van der Waals surface area contributed by atoms with Gasteiger partial charge in [0.15, 0.2) is 0 Å². The van der Waals surface area contributed by atoms with Crippen molar-refractivity contribution in [3.05, 3.63) is 35.9 Å². The molecule has 3 heteroatoms. The lowest BCUT2D eigenvalue weighted by molar-refractivity contribution is 0.298. The van der Waals surface area contributed by atoms with E-state index in [4.69, 9.17) is 17.3 Å². The van der Waals surface area contributed by atoms with E-state index in [-0.39, 0.29) is 11.5 Å². The molecular formula is C11H15ClN2. The molecule has 2 N–H and O–H groups in total. The van der Waals surface area contributed by atoms with Gasteiger partial charge in [0.05, 0.1) is 0 Å². The van der Waals surface area contributed by atoms with Gasteiger partial charge >= 0.3 is 0 Å². The standard InChI is InChI=1S/C11H15ClN2/c12-11-10(13)6-7-14(11)8-9-4-2-1-3-5-9/h1-5,10-11H,6-8,13H2/t10-,11+/m1/s1. The third kappa shape index (κ3) is 2.08. The minimum absolute atomic E-state index is 0.00444. The van der Waals surface area contributed by atoms with Gasteiger partial charge in [-0.1, -0.05) is 30.3 Å². The largest absolute Gasteiger partial charge is 0.325 e. The summed E-state index contributed by atoms with van der Waals surface area (Å²) in [5.41, 5.74) is 7.14. The van der Waals surface area contributed by atoms with Gasteiger partial charge in [-0.2, -0.15) is 0 Å². The van der Waals surface area contributed by atoms with Crippen molar-refractivity contribution in [1.82, 2.24) is 4.90 Å². The molecule has 1 aliphatic rings. The first-order valence-electron chi connectivity index (χ1n) is 4.95. The van der Waals surface area contributed by atoms with Crippen LogP contribution in [0.5, 0.6) is 0 Å². The molecule has 1 aromatic rings. The van der Waals surface area contributed by atoms with Gasteiger partial charge < -0.3 is 5.73 Å². The maximum atomic E-state index is 6.18. The Morgan fingerprint density at radius 1 is 1.36 bits per heavy atom. The van der Waals surface area contributed by atoms with Crippen molar-refractivity contribution in [2.24, 2.45) is 5.73 Å². The molecule has 2 nitrogen and oxygen atoms in total. The number of halogens is 1. The van der Waals surface area contributed by atoms with Crippen LogP contribution in [0.3, 0.4) is 0 Å². The lowest BCUT2D eigenvalue weighted by Gasteiger charge is -2.20. The van der Waals surface area contributed by atoms with Gasteiger partial charge in [0.2, 0.25) is 0 Å². The molecule has 0 aromatic heterocycles. The average Bonchev–Trinajstić information content (AvgIpc) is 2.52. The number of benzene rings is 1. The number of alkyl halides is 1. The van der Waals surface area contributed by atoms with Crippen LogP contribution >= 0.6 is 11.6 Å². The maximum absolute atomic E-state index is 6.18. The highest BCUT2D eigenvalue weighted by Crippen LogP contribution is 2.21. The van der Waals surface area contributed by atoms with E-state index in [1.807, 2.05) is 6.07 Å². The Labute approximate surface area is 89.7 Å². The minimum atomic E-state index is -0.00444. The van der Waals surface area contributed by atoms with Gasteiger partial charge in [-0.3, -0.25) is 4.90 Å². The second kappa shape index (κ2) is 4.30. The summed E-state index contributed by atoms with van der Waals surface area (Å²) < 4.78 is 0. The monoisotopic (exact) mass is 210 g/mol. The minimum Gasteiger partial charge on any atom is -0.325 e. The van der Waals surface area contributed by atoms with Gasteiger partial charge in [0.1, 0.15) is 5.50 Å². The number of rotatable bonds is 2. The summed E-state index contributed by atoms with van der Waals surface area (Å²) in [7, 11) is 0. The highest BCUT2D eigenvalue weighted by atomic mass is 35.5. The molecule has 1 fully saturated rings. The fourth-order valence-electron chi connectivity index (χ4n) is 1.83. The van der Waals surface area contributed by atoms with Crippen molar-refractivity contribution < 1.29 is 0 Å². The Hall–Kier alpha value is -0.570. The predicted octanol–water partition coefficient (Wildman–Crippen LogP) is 1.78. The fraction of sp³-hybridized carbons (Fsp3) is 0.455. The Morgan fingerprint density at radius 3 is 2.64 bits per heavy atom. The Kier molecular flexibility index (Phi) is 3.06. The number of hydrogen-bond donors (Lipinski definition) is 1. The van der Waals surface area contributed by atoms with Crippen molar-refractivity contribution in [3.8, 4) is 0 Å². The normalized spacial score (nSPS) is 28.1. The molecule has 0 bridgehead atoms. The molecule has 1 aromatic carbocycles. The average molecular weight is 211 g/mol. The zero-order chi connectivity index (χ0) is 9.97. The summed E-state index contributed by atoms with van der Waals surface area (Å²) in [5, 5.41) is 0. The van der Waals surface area contributed by atoms with E-state index >= 15 is 0 Å². The molecule has 14 heavy (non-hydrogen) atoms. The van der Waals surface area contributed by atoms with Crippen molar-refractivity contribution in [2.45, 2.75) is 24.5 Å². The second-order valence-corrected chi connectivity index (χ2v) is 4.23. The Morgan fingerprint density at radius 2 is 2.07 bits per heavy atom. The summed E-state index contributed by atoms with van der Waals surface area (Å²) in [4.78, 5) is 2.22. The molecule has 2 rings (SSSR count).